The molecule has 0 radical (unpaired) electrons. The fourth-order valence-corrected chi connectivity index (χ4v) is 2.18. The van der Waals surface area contributed by atoms with Crippen LogP contribution in [0.15, 0.2) is 24.3 Å². The van der Waals surface area contributed by atoms with E-state index in [4.69, 9.17) is 9.31 Å². The van der Waals surface area contributed by atoms with Gasteiger partial charge in [0, 0.05) is 5.56 Å². The lowest BCUT2D eigenvalue weighted by atomic mass is 9.78. The van der Waals surface area contributed by atoms with Crippen molar-refractivity contribution in [1.29, 1.82) is 0 Å². The second-order valence-electron chi connectivity index (χ2n) is 5.59. The van der Waals surface area contributed by atoms with Crippen LogP contribution in [0.25, 0.3) is 0 Å². The molecule has 0 unspecified atom stereocenters. The van der Waals surface area contributed by atoms with Gasteiger partial charge >= 0.3 is 7.12 Å². The Morgan fingerprint density at radius 3 is 2.28 bits per heavy atom. The molecule has 0 N–H and O–H groups in total. The van der Waals surface area contributed by atoms with Crippen molar-refractivity contribution in [2.45, 2.75) is 38.9 Å². The van der Waals surface area contributed by atoms with Crippen molar-refractivity contribution >= 4 is 22.8 Å². The van der Waals surface area contributed by atoms with Crippen molar-refractivity contribution in [3.05, 3.63) is 29.8 Å². The van der Waals surface area contributed by atoms with Gasteiger partial charge in [0.05, 0.1) is 21.4 Å². The summed E-state index contributed by atoms with van der Waals surface area (Å²) in [6.07, 6.45) is 0. The van der Waals surface area contributed by atoms with E-state index in [1.807, 2.05) is 24.3 Å². The Labute approximate surface area is 113 Å². The third-order valence-electron chi connectivity index (χ3n) is 3.68. The van der Waals surface area contributed by atoms with E-state index in [2.05, 4.69) is 39.2 Å². The largest absolute Gasteiger partial charge is 0.494 e. The molecule has 1 saturated heterocycles. The Morgan fingerprint density at radius 2 is 1.72 bits per heavy atom. The zero-order valence-corrected chi connectivity index (χ0v) is 13.7. The van der Waals surface area contributed by atoms with Crippen molar-refractivity contribution in [3.8, 4) is 11.5 Å². The molecule has 94 valence electrons. The minimum absolute atomic E-state index is 0.295. The standard InChI is InChI=1S/C14H19BO2Si/c1-13(2)14(3,4)17-15(16-13)12-7-5-6-11(10-12)8-9-18/h5-7,10H,1-4,18H3. The molecule has 0 aromatic heterocycles. The molecule has 0 aliphatic carbocycles. The SMILES string of the molecule is CC1(C)OB(c2cccc(C#C[SiH3])c2)OC1(C)C. The molecule has 1 heterocycles. The van der Waals surface area contributed by atoms with Crippen LogP contribution in [0.1, 0.15) is 33.3 Å². The van der Waals surface area contributed by atoms with Gasteiger partial charge in [-0.3, -0.25) is 0 Å². The highest BCUT2D eigenvalue weighted by Gasteiger charge is 2.51. The van der Waals surface area contributed by atoms with Gasteiger partial charge < -0.3 is 9.31 Å². The molecule has 18 heavy (non-hydrogen) atoms. The summed E-state index contributed by atoms with van der Waals surface area (Å²) in [5, 5.41) is 0. The number of hydrogen-bond donors (Lipinski definition) is 0. The van der Waals surface area contributed by atoms with Gasteiger partial charge in [-0.15, -0.1) is 5.54 Å². The lowest BCUT2D eigenvalue weighted by Gasteiger charge is -2.32. The average Bonchev–Trinajstić information content (AvgIpc) is 2.49. The van der Waals surface area contributed by atoms with Crippen molar-refractivity contribution in [2.75, 3.05) is 0 Å². The summed E-state index contributed by atoms with van der Waals surface area (Å²) in [4.78, 5) is 0. The summed E-state index contributed by atoms with van der Waals surface area (Å²) in [5.74, 6) is 3.11. The fraction of sp³-hybridized carbons (Fsp3) is 0.429. The highest BCUT2D eigenvalue weighted by atomic mass is 28.1. The first-order valence-corrected chi connectivity index (χ1v) is 7.24. The van der Waals surface area contributed by atoms with Crippen LogP contribution in [0.2, 0.25) is 0 Å². The lowest BCUT2D eigenvalue weighted by Crippen LogP contribution is -2.41. The van der Waals surface area contributed by atoms with E-state index in [1.165, 1.54) is 0 Å². The molecule has 4 heteroatoms. The van der Waals surface area contributed by atoms with Crippen LogP contribution in [0.5, 0.6) is 0 Å². The molecule has 2 rings (SSSR count). The normalized spacial score (nSPS) is 20.6. The smallest absolute Gasteiger partial charge is 0.399 e. The van der Waals surface area contributed by atoms with Crippen molar-refractivity contribution in [3.63, 3.8) is 0 Å². The Bertz CT molecular complexity index is 498. The van der Waals surface area contributed by atoms with E-state index in [0.717, 1.165) is 21.3 Å². The van der Waals surface area contributed by atoms with Crippen molar-refractivity contribution in [1.82, 2.24) is 0 Å². The Kier molecular flexibility index (Phi) is 3.41. The highest BCUT2D eigenvalue weighted by Crippen LogP contribution is 2.36. The molecule has 0 saturated carbocycles. The summed E-state index contributed by atoms with van der Waals surface area (Å²) in [6.45, 7) is 8.26. The van der Waals surface area contributed by atoms with E-state index in [-0.39, 0.29) is 18.3 Å². The fourth-order valence-electron chi connectivity index (χ4n) is 1.89. The number of rotatable bonds is 1. The maximum atomic E-state index is 6.02. The van der Waals surface area contributed by atoms with Crippen LogP contribution in [-0.2, 0) is 9.31 Å². The van der Waals surface area contributed by atoms with Gasteiger partial charge in [0.2, 0.25) is 0 Å². The first-order valence-electron chi connectivity index (χ1n) is 6.24. The van der Waals surface area contributed by atoms with E-state index < -0.39 is 0 Å². The quantitative estimate of drug-likeness (QED) is 0.544. The number of benzene rings is 1. The van der Waals surface area contributed by atoms with Crippen LogP contribution in [0.3, 0.4) is 0 Å². The van der Waals surface area contributed by atoms with Crippen LogP contribution in [0.4, 0.5) is 0 Å². The molecule has 1 aromatic rings. The maximum absolute atomic E-state index is 6.02. The van der Waals surface area contributed by atoms with Crippen molar-refractivity contribution < 1.29 is 9.31 Å². The zero-order chi connectivity index (χ0) is 13.4. The van der Waals surface area contributed by atoms with Gasteiger partial charge in [0.1, 0.15) is 0 Å². The third kappa shape index (κ3) is 2.39. The zero-order valence-electron chi connectivity index (χ0n) is 11.7. The minimum atomic E-state index is -0.300. The van der Waals surface area contributed by atoms with E-state index in [0.29, 0.717) is 0 Å². The van der Waals surface area contributed by atoms with Gasteiger partial charge in [0.15, 0.2) is 0 Å². The predicted molar refractivity (Wildman–Crippen MR) is 79.0 cm³/mol. The lowest BCUT2D eigenvalue weighted by molar-refractivity contribution is 0.00578. The average molecular weight is 258 g/mol. The molecule has 1 aliphatic rings. The van der Waals surface area contributed by atoms with Crippen LogP contribution >= 0.6 is 0 Å². The van der Waals surface area contributed by atoms with Gasteiger partial charge in [-0.05, 0) is 45.3 Å². The van der Waals surface area contributed by atoms with Gasteiger partial charge in [-0.2, -0.15) is 0 Å². The molecule has 0 atom stereocenters. The molecule has 2 nitrogen and oxygen atoms in total. The predicted octanol–water partition coefficient (Wildman–Crippen LogP) is 0.660. The molecule has 0 amide bonds. The van der Waals surface area contributed by atoms with Crippen LogP contribution < -0.4 is 5.46 Å². The Balaban J connectivity index is 2.28. The van der Waals surface area contributed by atoms with Crippen LogP contribution in [0, 0.1) is 11.5 Å². The maximum Gasteiger partial charge on any atom is 0.494 e. The molecular weight excluding hydrogens is 239 g/mol. The molecule has 1 aromatic carbocycles. The molecule has 1 fully saturated rings. The van der Waals surface area contributed by atoms with Gasteiger partial charge in [-0.25, -0.2) is 0 Å². The monoisotopic (exact) mass is 258 g/mol. The summed E-state index contributed by atoms with van der Waals surface area (Å²) in [6, 6.07) is 8.09. The first-order chi connectivity index (χ1) is 8.36. The van der Waals surface area contributed by atoms with Gasteiger partial charge in [0.25, 0.3) is 0 Å². The Hall–Kier alpha value is -1.02. The second kappa shape index (κ2) is 4.58. The summed E-state index contributed by atoms with van der Waals surface area (Å²) in [7, 11) is 0.592. The van der Waals surface area contributed by atoms with Gasteiger partial charge in [-0.1, -0.05) is 18.1 Å². The Morgan fingerprint density at radius 1 is 1.11 bits per heavy atom. The van der Waals surface area contributed by atoms with E-state index in [1.54, 1.807) is 0 Å². The molecule has 1 aliphatic heterocycles. The summed E-state index contributed by atoms with van der Waals surface area (Å²) < 4.78 is 12.0. The molecule has 0 spiro atoms. The van der Waals surface area contributed by atoms with E-state index in [9.17, 15) is 0 Å². The third-order valence-corrected chi connectivity index (χ3v) is 3.93. The van der Waals surface area contributed by atoms with E-state index >= 15 is 0 Å². The minimum Gasteiger partial charge on any atom is -0.399 e. The van der Waals surface area contributed by atoms with Crippen molar-refractivity contribution in [2.24, 2.45) is 0 Å². The summed E-state index contributed by atoms with van der Waals surface area (Å²) >= 11 is 0. The highest BCUT2D eigenvalue weighted by molar-refractivity contribution is 6.62. The first kappa shape index (κ1) is 13.4. The summed E-state index contributed by atoms with van der Waals surface area (Å²) in [5.41, 5.74) is 4.52. The molecule has 0 bridgehead atoms. The second-order valence-corrected chi connectivity index (χ2v) is 6.09. The topological polar surface area (TPSA) is 18.5 Å². The number of hydrogen-bond acceptors (Lipinski definition) is 2. The molecular formula is C14H19BO2Si. The van der Waals surface area contributed by atoms with Crippen LogP contribution in [-0.4, -0.2) is 28.6 Å².